The molecule has 4 unspecified atom stereocenters. The van der Waals surface area contributed by atoms with Crippen molar-refractivity contribution in [1.82, 2.24) is 25.8 Å². The lowest BCUT2D eigenvalue weighted by atomic mass is 10.0. The number of phenolic OH excluding ortho intramolecular Hbond substituents is 1. The van der Waals surface area contributed by atoms with E-state index in [0.717, 1.165) is 24.2 Å². The Kier molecular flexibility index (Phi) is 18.1. The van der Waals surface area contributed by atoms with E-state index in [1.54, 1.807) is 0 Å². The average Bonchev–Trinajstić information content (AvgIpc) is 3.01. The van der Waals surface area contributed by atoms with Crippen molar-refractivity contribution in [3.8, 4) is 5.75 Å². The largest absolute Gasteiger partial charge is 0.508 e. The predicted octanol–water partition coefficient (Wildman–Crippen LogP) is 1.70. The number of rotatable bonds is 21. The van der Waals surface area contributed by atoms with Gasteiger partial charge in [-0.1, -0.05) is 64.5 Å². The molecule has 1 aromatic rings. The summed E-state index contributed by atoms with van der Waals surface area (Å²) in [5.41, 5.74) is 0.284. The van der Waals surface area contributed by atoms with E-state index in [1.807, 2.05) is 0 Å². The zero-order chi connectivity index (χ0) is 35.7. The number of benzene rings is 1. The minimum absolute atomic E-state index is 0.0821. The van der Waals surface area contributed by atoms with Crippen LogP contribution in [0.2, 0.25) is 0 Å². The van der Waals surface area contributed by atoms with Gasteiger partial charge in [0, 0.05) is 20.5 Å². The van der Waals surface area contributed by atoms with Gasteiger partial charge in [-0.15, -0.1) is 0 Å². The van der Waals surface area contributed by atoms with E-state index >= 15 is 0 Å². The molecule has 0 saturated heterocycles. The van der Waals surface area contributed by atoms with Gasteiger partial charge in [0.05, 0.1) is 13.2 Å². The van der Waals surface area contributed by atoms with Crippen molar-refractivity contribution >= 4 is 35.5 Å². The number of nitrogens with one attached hydrogen (secondary N) is 3. The highest BCUT2D eigenvalue weighted by atomic mass is 16.4. The molecule has 1 rings (SSSR count). The normalized spacial score (nSPS) is 13.5. The van der Waals surface area contributed by atoms with Crippen LogP contribution < -0.4 is 16.0 Å². The van der Waals surface area contributed by atoms with Crippen LogP contribution in [0.5, 0.6) is 5.75 Å². The van der Waals surface area contributed by atoms with E-state index in [9.17, 15) is 44.1 Å². The first-order chi connectivity index (χ1) is 22.1. The minimum atomic E-state index is -1.29. The van der Waals surface area contributed by atoms with E-state index in [4.69, 9.17) is 0 Å². The maximum Gasteiger partial charge on any atom is 0.325 e. The van der Waals surface area contributed by atoms with Crippen molar-refractivity contribution in [2.75, 3.05) is 27.2 Å². The molecular formula is C33H53N5O9. The molecule has 0 aromatic heterocycles. The number of aliphatic hydroxyl groups excluding tert-OH is 1. The monoisotopic (exact) mass is 663 g/mol. The number of amides is 5. The highest BCUT2D eigenvalue weighted by Crippen LogP contribution is 2.22. The lowest BCUT2D eigenvalue weighted by Crippen LogP contribution is -2.55. The molecular weight excluding hydrogens is 610 g/mol. The number of carbonyl (C=O) groups is 6. The van der Waals surface area contributed by atoms with E-state index in [0.29, 0.717) is 12.3 Å². The fourth-order valence-electron chi connectivity index (χ4n) is 4.79. The van der Waals surface area contributed by atoms with Gasteiger partial charge in [-0.3, -0.25) is 28.8 Å². The van der Waals surface area contributed by atoms with Crippen molar-refractivity contribution in [2.45, 2.75) is 103 Å². The summed E-state index contributed by atoms with van der Waals surface area (Å²) < 4.78 is 0. The number of aliphatic carboxylic acids is 1. The lowest BCUT2D eigenvalue weighted by Gasteiger charge is -2.29. The Morgan fingerprint density at radius 2 is 1.28 bits per heavy atom. The second-order valence-corrected chi connectivity index (χ2v) is 12.3. The van der Waals surface area contributed by atoms with Crippen LogP contribution in [0.3, 0.4) is 0 Å². The maximum atomic E-state index is 13.0. The highest BCUT2D eigenvalue weighted by Gasteiger charge is 2.32. The third kappa shape index (κ3) is 14.4. The van der Waals surface area contributed by atoms with Gasteiger partial charge in [0.15, 0.2) is 0 Å². The third-order valence-electron chi connectivity index (χ3n) is 7.89. The van der Waals surface area contributed by atoms with E-state index < -0.39 is 66.9 Å². The number of aromatic hydroxyl groups is 1. The molecule has 0 bridgehead atoms. The number of unbranched alkanes of at least 4 members (excludes halogenated alkanes) is 5. The predicted molar refractivity (Wildman–Crippen MR) is 175 cm³/mol. The number of aliphatic hydroxyl groups is 1. The van der Waals surface area contributed by atoms with Crippen molar-refractivity contribution in [3.63, 3.8) is 0 Å². The Morgan fingerprint density at radius 3 is 1.83 bits per heavy atom. The number of carbonyl (C=O) groups excluding carboxylic acids is 5. The Hall–Kier alpha value is -4.20. The van der Waals surface area contributed by atoms with Crippen molar-refractivity contribution in [2.24, 2.45) is 5.92 Å². The van der Waals surface area contributed by atoms with Crippen LogP contribution in [-0.4, -0.2) is 106 Å². The Morgan fingerprint density at radius 1 is 0.723 bits per heavy atom. The summed E-state index contributed by atoms with van der Waals surface area (Å²) in [7, 11) is 2.72. The van der Waals surface area contributed by atoms with Gasteiger partial charge in [-0.25, -0.2) is 0 Å². The molecule has 0 aliphatic carbocycles. The molecule has 1 aromatic carbocycles. The zero-order valence-electron chi connectivity index (χ0n) is 28.5. The second kappa shape index (κ2) is 20.8. The summed E-state index contributed by atoms with van der Waals surface area (Å²) in [4.78, 5) is 77.7. The molecule has 4 atom stereocenters. The molecule has 0 fully saturated rings. The topological polar surface area (TPSA) is 206 Å². The smallest absolute Gasteiger partial charge is 0.325 e. The SMILES string of the molecule is CC(C)CCCCCCCCC(=O)N(C)C(CO)C(=O)NC(C)C(=O)NCC(=O)N(C)C(C(=O)NC(C)C(=O)O)c1ccc(O)cc1. The molecule has 0 aliphatic heterocycles. The third-order valence-corrected chi connectivity index (χ3v) is 7.89. The molecule has 264 valence electrons. The van der Waals surface area contributed by atoms with E-state index in [2.05, 4.69) is 29.8 Å². The Balaban J connectivity index is 2.69. The van der Waals surface area contributed by atoms with Gasteiger partial charge in [-0.05, 0) is 43.9 Å². The fraction of sp³-hybridized carbons (Fsp3) is 0.636. The fourth-order valence-corrected chi connectivity index (χ4v) is 4.79. The number of phenols is 1. The minimum Gasteiger partial charge on any atom is -0.508 e. The summed E-state index contributed by atoms with van der Waals surface area (Å²) in [5, 5.41) is 35.8. The van der Waals surface area contributed by atoms with Crippen LogP contribution in [0.1, 0.15) is 90.7 Å². The quantitative estimate of drug-likeness (QED) is 0.106. The van der Waals surface area contributed by atoms with Crippen LogP contribution in [0.15, 0.2) is 24.3 Å². The average molecular weight is 664 g/mol. The Labute approximate surface area is 277 Å². The highest BCUT2D eigenvalue weighted by molar-refractivity contribution is 5.95. The molecule has 0 spiro atoms. The van der Waals surface area contributed by atoms with Gasteiger partial charge >= 0.3 is 5.97 Å². The lowest BCUT2D eigenvalue weighted by molar-refractivity contribution is -0.144. The number of hydrogen-bond acceptors (Lipinski definition) is 8. The first-order valence-electron chi connectivity index (χ1n) is 16.1. The number of carboxylic acid groups (broad SMARTS) is 1. The van der Waals surface area contributed by atoms with Crippen LogP contribution in [0.4, 0.5) is 0 Å². The van der Waals surface area contributed by atoms with Gasteiger partial charge in [-0.2, -0.15) is 0 Å². The first-order valence-corrected chi connectivity index (χ1v) is 16.1. The van der Waals surface area contributed by atoms with Gasteiger partial charge in [0.2, 0.25) is 29.5 Å². The van der Waals surface area contributed by atoms with Crippen molar-refractivity contribution in [1.29, 1.82) is 0 Å². The maximum absolute atomic E-state index is 13.0. The number of carboxylic acids is 1. The summed E-state index contributed by atoms with van der Waals surface area (Å²) in [5.74, 6) is -3.93. The van der Waals surface area contributed by atoms with Crippen LogP contribution in [-0.2, 0) is 28.8 Å². The molecule has 0 aliphatic rings. The summed E-state index contributed by atoms with van der Waals surface area (Å²) >= 11 is 0. The van der Waals surface area contributed by atoms with E-state index in [-0.39, 0.29) is 23.6 Å². The molecule has 14 nitrogen and oxygen atoms in total. The molecule has 0 radical (unpaired) electrons. The van der Waals surface area contributed by atoms with Gasteiger partial charge < -0.3 is 41.1 Å². The van der Waals surface area contributed by atoms with Gasteiger partial charge in [0.1, 0.15) is 29.9 Å². The van der Waals surface area contributed by atoms with E-state index in [1.165, 1.54) is 76.4 Å². The molecule has 5 amide bonds. The van der Waals surface area contributed by atoms with Crippen LogP contribution >= 0.6 is 0 Å². The molecule has 6 N–H and O–H groups in total. The van der Waals surface area contributed by atoms with Crippen molar-refractivity contribution < 1.29 is 44.1 Å². The number of nitrogens with zero attached hydrogens (tertiary/aromatic N) is 2. The summed E-state index contributed by atoms with van der Waals surface area (Å²) in [6, 6.07) is 0.541. The Bertz CT molecular complexity index is 1190. The van der Waals surface area contributed by atoms with Crippen molar-refractivity contribution in [3.05, 3.63) is 29.8 Å². The van der Waals surface area contributed by atoms with Crippen LogP contribution in [0.25, 0.3) is 0 Å². The number of hydrogen-bond donors (Lipinski definition) is 6. The molecule has 14 heteroatoms. The molecule has 0 saturated carbocycles. The summed E-state index contributed by atoms with van der Waals surface area (Å²) in [6.45, 7) is 5.83. The first kappa shape index (κ1) is 40.8. The standard InChI is InChI=1S/C33H53N5O9/c1-21(2)13-11-9-7-8-10-12-14-27(41)37(5)26(20-39)31(44)35-22(3)30(43)34-19-28(42)38(6)29(24-15-17-25(40)18-16-24)32(45)36-23(4)33(46)47/h15-18,21-23,26,29,39-40H,7-14,19-20H2,1-6H3,(H,34,43)(H,35,44)(H,36,45)(H,46,47). The molecule has 47 heavy (non-hydrogen) atoms. The molecule has 0 heterocycles. The number of likely N-dealkylation sites (N-methyl/N-ethyl adjacent to an activating group) is 2. The van der Waals surface area contributed by atoms with Crippen LogP contribution in [0, 0.1) is 5.92 Å². The summed E-state index contributed by atoms with van der Waals surface area (Å²) in [6.07, 6.45) is 7.51. The second-order valence-electron chi connectivity index (χ2n) is 12.3. The zero-order valence-corrected chi connectivity index (χ0v) is 28.5. The van der Waals surface area contributed by atoms with Gasteiger partial charge in [0.25, 0.3) is 0 Å².